The summed E-state index contributed by atoms with van der Waals surface area (Å²) in [6, 6.07) is 5.10. The van der Waals surface area contributed by atoms with Crippen molar-refractivity contribution in [3.8, 4) is 11.5 Å². The van der Waals surface area contributed by atoms with Gasteiger partial charge < -0.3 is 24.6 Å². The molecule has 3 rings (SSSR count). The zero-order valence-electron chi connectivity index (χ0n) is 17.3. The number of ether oxygens (including phenoxy) is 2. The Labute approximate surface area is 171 Å². The van der Waals surface area contributed by atoms with E-state index in [1.165, 1.54) is 0 Å². The van der Waals surface area contributed by atoms with E-state index in [0.717, 1.165) is 12.8 Å². The second kappa shape index (κ2) is 9.15. The third-order valence-corrected chi connectivity index (χ3v) is 5.57. The lowest BCUT2D eigenvalue weighted by atomic mass is 10.0. The number of benzene rings is 1. The average Bonchev–Trinajstić information content (AvgIpc) is 2.71. The van der Waals surface area contributed by atoms with Gasteiger partial charge in [0.2, 0.25) is 11.8 Å². The number of amides is 3. The minimum absolute atomic E-state index is 0.0519. The number of carbonyl (C=O) groups is 3. The van der Waals surface area contributed by atoms with Gasteiger partial charge in [0, 0.05) is 58.9 Å². The van der Waals surface area contributed by atoms with Crippen LogP contribution in [0.25, 0.3) is 0 Å². The maximum atomic E-state index is 13.0. The Hall–Kier alpha value is -2.77. The monoisotopic (exact) mass is 403 g/mol. The van der Waals surface area contributed by atoms with Gasteiger partial charge in [0.25, 0.3) is 5.91 Å². The molecule has 2 aliphatic rings. The smallest absolute Gasteiger partial charge is 0.255 e. The summed E-state index contributed by atoms with van der Waals surface area (Å²) in [6.07, 6.45) is 2.45. The van der Waals surface area contributed by atoms with E-state index < -0.39 is 0 Å². The van der Waals surface area contributed by atoms with Crippen molar-refractivity contribution in [2.45, 2.75) is 44.8 Å². The molecule has 1 aromatic carbocycles. The number of rotatable bonds is 5. The van der Waals surface area contributed by atoms with E-state index >= 15 is 0 Å². The Kier molecular flexibility index (Phi) is 6.61. The molecule has 3 amide bonds. The zero-order valence-corrected chi connectivity index (χ0v) is 17.3. The van der Waals surface area contributed by atoms with Crippen LogP contribution in [0, 0.1) is 0 Å². The molecule has 8 heteroatoms. The van der Waals surface area contributed by atoms with E-state index in [1.807, 2.05) is 4.90 Å². The van der Waals surface area contributed by atoms with E-state index in [-0.39, 0.29) is 29.9 Å². The van der Waals surface area contributed by atoms with Crippen molar-refractivity contribution in [1.82, 2.24) is 15.1 Å². The van der Waals surface area contributed by atoms with Gasteiger partial charge in [-0.1, -0.05) is 0 Å². The Morgan fingerprint density at radius 2 is 1.90 bits per heavy atom. The molecule has 1 N–H and O–H groups in total. The van der Waals surface area contributed by atoms with Crippen molar-refractivity contribution in [3.05, 3.63) is 23.8 Å². The van der Waals surface area contributed by atoms with Crippen LogP contribution in [-0.4, -0.2) is 73.5 Å². The number of nitrogens with zero attached hydrogens (tertiary/aromatic N) is 2. The number of likely N-dealkylation sites (N-methyl/N-ethyl adjacent to an activating group) is 1. The molecule has 2 fully saturated rings. The first-order valence-electron chi connectivity index (χ1n) is 10.0. The molecular weight excluding hydrogens is 374 g/mol. The number of hydrogen-bond donors (Lipinski definition) is 1. The molecule has 0 aromatic heterocycles. The maximum absolute atomic E-state index is 13.0. The lowest BCUT2D eigenvalue weighted by Gasteiger charge is -2.32. The first kappa shape index (κ1) is 21.0. The molecule has 158 valence electrons. The molecule has 0 saturated carbocycles. The first-order chi connectivity index (χ1) is 13.9. The van der Waals surface area contributed by atoms with Crippen molar-refractivity contribution >= 4 is 17.7 Å². The van der Waals surface area contributed by atoms with Crippen LogP contribution in [0.15, 0.2) is 18.2 Å². The van der Waals surface area contributed by atoms with Crippen molar-refractivity contribution in [1.29, 1.82) is 0 Å². The molecule has 8 nitrogen and oxygen atoms in total. The molecule has 0 aliphatic carbocycles. The molecule has 0 spiro atoms. The van der Waals surface area contributed by atoms with E-state index in [2.05, 4.69) is 5.32 Å². The molecule has 1 atom stereocenters. The molecule has 0 unspecified atom stereocenters. The van der Waals surface area contributed by atoms with Crippen LogP contribution in [-0.2, 0) is 9.59 Å². The zero-order chi connectivity index (χ0) is 21.0. The largest absolute Gasteiger partial charge is 0.497 e. The van der Waals surface area contributed by atoms with E-state index in [0.29, 0.717) is 49.5 Å². The number of methoxy groups -OCH3 is 1. The van der Waals surface area contributed by atoms with Crippen molar-refractivity contribution in [2.24, 2.45) is 0 Å². The van der Waals surface area contributed by atoms with Gasteiger partial charge in [-0.05, 0) is 24.6 Å². The lowest BCUT2D eigenvalue weighted by Crippen LogP contribution is -2.48. The summed E-state index contributed by atoms with van der Waals surface area (Å²) in [7, 11) is 3.30. The molecule has 1 aromatic rings. The number of hydrogen-bond acceptors (Lipinski definition) is 5. The number of likely N-dealkylation sites (tertiary alicyclic amines) is 2. The third kappa shape index (κ3) is 5.19. The molecule has 0 bridgehead atoms. The third-order valence-electron chi connectivity index (χ3n) is 5.57. The highest BCUT2D eigenvalue weighted by Gasteiger charge is 2.27. The average molecular weight is 403 g/mol. The summed E-state index contributed by atoms with van der Waals surface area (Å²) in [5.41, 5.74) is 0.415. The standard InChI is InChI=1S/C21H29N3O5/c1-14(25)24-10-8-16(9-11-24)29-19-6-5-17(28-3)12-18(19)21(27)22-15-4-7-20(26)23(2)13-15/h5-6,12,15-16H,4,7-11,13H2,1-3H3,(H,22,27)/t15-/m1/s1. The van der Waals surface area contributed by atoms with Crippen molar-refractivity contribution < 1.29 is 23.9 Å². The Morgan fingerprint density at radius 3 is 2.52 bits per heavy atom. The highest BCUT2D eigenvalue weighted by atomic mass is 16.5. The quantitative estimate of drug-likeness (QED) is 0.804. The van der Waals surface area contributed by atoms with E-state index in [4.69, 9.17) is 9.47 Å². The first-order valence-corrected chi connectivity index (χ1v) is 10.0. The fourth-order valence-corrected chi connectivity index (χ4v) is 3.78. The summed E-state index contributed by atoms with van der Waals surface area (Å²) in [5.74, 6) is 1.00. The summed E-state index contributed by atoms with van der Waals surface area (Å²) >= 11 is 0. The topological polar surface area (TPSA) is 88.2 Å². The molecule has 29 heavy (non-hydrogen) atoms. The Bertz CT molecular complexity index is 774. The number of nitrogens with one attached hydrogen (secondary N) is 1. The lowest BCUT2D eigenvalue weighted by molar-refractivity contribution is -0.132. The van der Waals surface area contributed by atoms with Gasteiger partial charge in [0.05, 0.1) is 12.7 Å². The van der Waals surface area contributed by atoms with Gasteiger partial charge in [-0.25, -0.2) is 0 Å². The van der Waals surface area contributed by atoms with Gasteiger partial charge in [-0.3, -0.25) is 14.4 Å². The molecular formula is C21H29N3O5. The van der Waals surface area contributed by atoms with Crippen LogP contribution >= 0.6 is 0 Å². The van der Waals surface area contributed by atoms with Crippen molar-refractivity contribution in [2.75, 3.05) is 33.8 Å². The Morgan fingerprint density at radius 1 is 1.17 bits per heavy atom. The SMILES string of the molecule is COc1ccc(OC2CCN(C(C)=O)CC2)c(C(=O)N[C@@H]2CCC(=O)N(C)C2)c1. The summed E-state index contributed by atoms with van der Waals surface area (Å²) in [6.45, 7) is 3.37. The second-order valence-corrected chi connectivity index (χ2v) is 7.67. The second-order valence-electron chi connectivity index (χ2n) is 7.67. The van der Waals surface area contributed by atoms with Crippen LogP contribution in [0.4, 0.5) is 0 Å². The van der Waals surface area contributed by atoms with Gasteiger partial charge in [-0.15, -0.1) is 0 Å². The normalized spacial score (nSPS) is 20.4. The van der Waals surface area contributed by atoms with Crippen LogP contribution < -0.4 is 14.8 Å². The number of piperidine rings is 2. The van der Waals surface area contributed by atoms with Gasteiger partial charge >= 0.3 is 0 Å². The van der Waals surface area contributed by atoms with E-state index in [1.54, 1.807) is 44.2 Å². The maximum Gasteiger partial charge on any atom is 0.255 e. The predicted molar refractivity (Wildman–Crippen MR) is 107 cm³/mol. The van der Waals surface area contributed by atoms with Gasteiger partial charge in [-0.2, -0.15) is 0 Å². The predicted octanol–water partition coefficient (Wildman–Crippen LogP) is 1.44. The van der Waals surface area contributed by atoms with Gasteiger partial charge in [0.1, 0.15) is 17.6 Å². The minimum Gasteiger partial charge on any atom is -0.497 e. The van der Waals surface area contributed by atoms with E-state index in [9.17, 15) is 14.4 Å². The fraction of sp³-hybridized carbons (Fsp3) is 0.571. The highest BCUT2D eigenvalue weighted by molar-refractivity contribution is 5.97. The van der Waals surface area contributed by atoms with Crippen LogP contribution in [0.1, 0.15) is 43.0 Å². The summed E-state index contributed by atoms with van der Waals surface area (Å²) in [5, 5.41) is 3.02. The van der Waals surface area contributed by atoms with Crippen LogP contribution in [0.5, 0.6) is 11.5 Å². The molecule has 2 aliphatic heterocycles. The minimum atomic E-state index is -0.243. The molecule has 2 heterocycles. The number of carbonyl (C=O) groups excluding carboxylic acids is 3. The molecule has 2 saturated heterocycles. The van der Waals surface area contributed by atoms with Crippen LogP contribution in [0.3, 0.4) is 0 Å². The van der Waals surface area contributed by atoms with Crippen molar-refractivity contribution in [3.63, 3.8) is 0 Å². The van der Waals surface area contributed by atoms with Crippen LogP contribution in [0.2, 0.25) is 0 Å². The summed E-state index contributed by atoms with van der Waals surface area (Å²) < 4.78 is 11.4. The highest BCUT2D eigenvalue weighted by Crippen LogP contribution is 2.27. The Balaban J connectivity index is 1.69. The fourth-order valence-electron chi connectivity index (χ4n) is 3.78. The van der Waals surface area contributed by atoms with Gasteiger partial charge in [0.15, 0.2) is 0 Å². The summed E-state index contributed by atoms with van der Waals surface area (Å²) in [4.78, 5) is 39.6. The molecule has 0 radical (unpaired) electrons.